The van der Waals surface area contributed by atoms with E-state index in [0.29, 0.717) is 17.0 Å². The Morgan fingerprint density at radius 1 is 1.09 bits per heavy atom. The molecule has 2 aromatic rings. The van der Waals surface area contributed by atoms with Crippen molar-refractivity contribution in [2.75, 3.05) is 19.0 Å². The molecule has 8 heteroatoms. The summed E-state index contributed by atoms with van der Waals surface area (Å²) < 4.78 is 10.3. The number of ether oxygens (including phenoxy) is 2. The second-order valence-corrected chi connectivity index (χ2v) is 8.73. The number of amides is 3. The molecule has 1 atom stereocenters. The summed E-state index contributed by atoms with van der Waals surface area (Å²) in [7, 11) is 1.55. The van der Waals surface area contributed by atoms with Crippen LogP contribution in [0.15, 0.2) is 42.5 Å². The van der Waals surface area contributed by atoms with Gasteiger partial charge in [-0.15, -0.1) is 0 Å². The molecule has 0 aromatic heterocycles. The Kier molecular flexibility index (Phi) is 8.68. The van der Waals surface area contributed by atoms with Gasteiger partial charge in [0.05, 0.1) is 7.11 Å². The first-order valence-electron chi connectivity index (χ1n) is 10.7. The molecule has 8 nitrogen and oxygen atoms in total. The molecule has 2 aromatic carbocycles. The Labute approximate surface area is 200 Å². The molecule has 0 radical (unpaired) electrons. The highest BCUT2D eigenvalue weighted by Gasteiger charge is 2.32. The van der Waals surface area contributed by atoms with Crippen LogP contribution in [0.4, 0.5) is 10.5 Å². The average molecular weight is 466 g/mol. The van der Waals surface area contributed by atoms with Gasteiger partial charge in [0.15, 0.2) is 0 Å². The molecule has 180 valence electrons. The monoisotopic (exact) mass is 465 g/mol. The Bertz CT molecular complexity index is 1080. The summed E-state index contributed by atoms with van der Waals surface area (Å²) in [5.41, 5.74) is 2.15. The number of methoxy groups -OCH3 is 1. The molecule has 0 aliphatic rings. The number of anilines is 1. The van der Waals surface area contributed by atoms with Crippen molar-refractivity contribution in [1.82, 2.24) is 10.2 Å². The number of alkyl carbamates (subject to hydrolysis) is 1. The minimum Gasteiger partial charge on any atom is -0.497 e. The van der Waals surface area contributed by atoms with Crippen LogP contribution in [0.25, 0.3) is 0 Å². The lowest BCUT2D eigenvalue weighted by atomic mass is 9.97. The van der Waals surface area contributed by atoms with E-state index in [1.54, 1.807) is 58.2 Å². The number of rotatable bonds is 7. The zero-order valence-corrected chi connectivity index (χ0v) is 20.4. The van der Waals surface area contributed by atoms with Crippen molar-refractivity contribution >= 4 is 23.6 Å². The predicted octanol–water partition coefficient (Wildman–Crippen LogP) is 3.94. The first-order chi connectivity index (χ1) is 15.9. The maximum absolute atomic E-state index is 13.4. The number of terminal acetylenes is 1. The highest BCUT2D eigenvalue weighted by molar-refractivity contribution is 5.99. The maximum atomic E-state index is 13.4. The van der Waals surface area contributed by atoms with Crippen LogP contribution in [-0.2, 0) is 14.3 Å². The fourth-order valence-corrected chi connectivity index (χ4v) is 3.25. The molecule has 0 aliphatic heterocycles. The Morgan fingerprint density at radius 2 is 1.74 bits per heavy atom. The van der Waals surface area contributed by atoms with Crippen molar-refractivity contribution < 1.29 is 23.9 Å². The summed E-state index contributed by atoms with van der Waals surface area (Å²) in [6, 6.07) is 13.5. The molecule has 0 heterocycles. The molecule has 34 heavy (non-hydrogen) atoms. The number of nitrogens with one attached hydrogen (secondary N) is 2. The number of carbonyl (C=O) groups is 3. The zero-order chi connectivity index (χ0) is 25.5. The number of benzene rings is 2. The highest BCUT2D eigenvalue weighted by Crippen LogP contribution is 2.27. The molecular formula is C26H31N3O5. The quantitative estimate of drug-likeness (QED) is 0.477. The van der Waals surface area contributed by atoms with E-state index in [4.69, 9.17) is 15.9 Å². The Balaban J connectivity index is 2.32. The van der Waals surface area contributed by atoms with Gasteiger partial charge in [-0.05, 0) is 70.0 Å². The van der Waals surface area contributed by atoms with Crippen LogP contribution in [0, 0.1) is 26.3 Å². The molecule has 0 aliphatic carbocycles. The van der Waals surface area contributed by atoms with Gasteiger partial charge in [0.1, 0.15) is 23.9 Å². The van der Waals surface area contributed by atoms with Crippen LogP contribution in [0.5, 0.6) is 5.75 Å². The molecule has 1 unspecified atom stereocenters. The Morgan fingerprint density at radius 3 is 2.26 bits per heavy atom. The van der Waals surface area contributed by atoms with Crippen LogP contribution in [0.1, 0.15) is 43.5 Å². The minimum absolute atomic E-state index is 0.434. The van der Waals surface area contributed by atoms with Crippen molar-refractivity contribution in [3.05, 3.63) is 59.2 Å². The summed E-state index contributed by atoms with van der Waals surface area (Å²) in [5, 5.41) is 5.19. The molecular weight excluding hydrogens is 434 g/mol. The van der Waals surface area contributed by atoms with E-state index < -0.39 is 36.1 Å². The highest BCUT2D eigenvalue weighted by atomic mass is 16.6. The lowest BCUT2D eigenvalue weighted by Crippen LogP contribution is -2.44. The maximum Gasteiger partial charge on any atom is 0.408 e. The summed E-state index contributed by atoms with van der Waals surface area (Å²) in [6.07, 6.45) is 4.92. The number of aryl methyl sites for hydroxylation is 2. The van der Waals surface area contributed by atoms with Gasteiger partial charge in [0, 0.05) is 11.7 Å². The van der Waals surface area contributed by atoms with Crippen molar-refractivity contribution in [1.29, 1.82) is 0 Å². The second kappa shape index (κ2) is 11.2. The van der Waals surface area contributed by atoms with Crippen molar-refractivity contribution in [2.45, 2.75) is 46.3 Å². The molecule has 0 fully saturated rings. The third kappa shape index (κ3) is 7.27. The normalized spacial score (nSPS) is 11.6. The summed E-state index contributed by atoms with van der Waals surface area (Å²) in [5.74, 6) is -0.499. The van der Waals surface area contributed by atoms with E-state index >= 15 is 0 Å². The van der Waals surface area contributed by atoms with E-state index in [2.05, 4.69) is 16.7 Å². The van der Waals surface area contributed by atoms with E-state index in [1.807, 2.05) is 26.0 Å². The SMILES string of the molecule is C#CN(C(=O)CNC(=O)OC(C)(C)C)C(C(=O)Nc1ccc(OC)cc1)c1ccc(C)cc1C. The van der Waals surface area contributed by atoms with Gasteiger partial charge in [-0.3, -0.25) is 14.5 Å². The van der Waals surface area contributed by atoms with Crippen LogP contribution in [0.3, 0.4) is 0 Å². The van der Waals surface area contributed by atoms with Gasteiger partial charge in [-0.1, -0.05) is 30.2 Å². The molecule has 0 bridgehead atoms. The molecule has 0 spiro atoms. The van der Waals surface area contributed by atoms with Crippen molar-refractivity contribution in [2.24, 2.45) is 0 Å². The van der Waals surface area contributed by atoms with Gasteiger partial charge in [-0.25, -0.2) is 4.79 Å². The molecule has 0 saturated carbocycles. The van der Waals surface area contributed by atoms with E-state index in [1.165, 1.54) is 0 Å². The Hall–Kier alpha value is -3.99. The van der Waals surface area contributed by atoms with Crippen LogP contribution in [0.2, 0.25) is 0 Å². The van der Waals surface area contributed by atoms with Gasteiger partial charge >= 0.3 is 6.09 Å². The summed E-state index contributed by atoms with van der Waals surface area (Å²) >= 11 is 0. The van der Waals surface area contributed by atoms with Gasteiger partial charge < -0.3 is 20.1 Å². The zero-order valence-electron chi connectivity index (χ0n) is 20.4. The third-order valence-electron chi connectivity index (χ3n) is 4.77. The van der Waals surface area contributed by atoms with Crippen molar-refractivity contribution in [3.8, 4) is 18.2 Å². The predicted molar refractivity (Wildman–Crippen MR) is 130 cm³/mol. The van der Waals surface area contributed by atoms with Crippen LogP contribution < -0.4 is 15.4 Å². The smallest absolute Gasteiger partial charge is 0.408 e. The topological polar surface area (TPSA) is 97.0 Å². The standard InChI is InChI=1S/C26H31N3O5/c1-8-29(22(30)16-27-25(32)34-26(4,5)6)23(21-14-9-17(2)15-18(21)3)24(31)28-19-10-12-20(33-7)13-11-19/h1,9-15,23H,16H2,2-7H3,(H,27,32)(H,28,31). The van der Waals surface area contributed by atoms with E-state index in [9.17, 15) is 14.4 Å². The lowest BCUT2D eigenvalue weighted by molar-refractivity contribution is -0.134. The summed E-state index contributed by atoms with van der Waals surface area (Å²) in [6.45, 7) is 8.47. The van der Waals surface area contributed by atoms with Gasteiger partial charge in [0.2, 0.25) is 0 Å². The lowest BCUT2D eigenvalue weighted by Gasteiger charge is -2.28. The molecule has 2 rings (SSSR count). The fourth-order valence-electron chi connectivity index (χ4n) is 3.25. The molecule has 0 saturated heterocycles. The number of hydrogen-bond donors (Lipinski definition) is 2. The van der Waals surface area contributed by atoms with Crippen LogP contribution >= 0.6 is 0 Å². The average Bonchev–Trinajstić information content (AvgIpc) is 2.75. The molecule has 3 amide bonds. The second-order valence-electron chi connectivity index (χ2n) is 8.73. The van der Waals surface area contributed by atoms with E-state index in [0.717, 1.165) is 16.0 Å². The number of carbonyl (C=O) groups excluding carboxylic acids is 3. The minimum atomic E-state index is -1.12. The van der Waals surface area contributed by atoms with Crippen LogP contribution in [-0.4, -0.2) is 42.1 Å². The van der Waals surface area contributed by atoms with E-state index in [-0.39, 0.29) is 0 Å². The third-order valence-corrected chi connectivity index (χ3v) is 4.77. The van der Waals surface area contributed by atoms with Crippen molar-refractivity contribution in [3.63, 3.8) is 0 Å². The number of hydrogen-bond acceptors (Lipinski definition) is 5. The van der Waals surface area contributed by atoms with Gasteiger partial charge in [-0.2, -0.15) is 0 Å². The number of nitrogens with zero attached hydrogens (tertiary/aromatic N) is 1. The molecule has 2 N–H and O–H groups in total. The fraction of sp³-hybridized carbons (Fsp3) is 0.346. The first kappa shape index (κ1) is 26.3. The largest absolute Gasteiger partial charge is 0.497 e. The van der Waals surface area contributed by atoms with Gasteiger partial charge in [0.25, 0.3) is 11.8 Å². The summed E-state index contributed by atoms with van der Waals surface area (Å²) in [4.78, 5) is 39.4. The first-order valence-corrected chi connectivity index (χ1v) is 10.7.